The SMILES string of the molecule is COc1ccc(C(=O)N[C@H](c2ccc(Cl)cc2)[C@H](NC(=O)O)c2ccc(Cl)cc2)c(OC(C)C)c1. The number of ether oxygens (including phenoxy) is 2. The fourth-order valence-electron chi connectivity index (χ4n) is 3.58. The molecule has 3 aromatic rings. The van der Waals surface area contributed by atoms with Crippen LogP contribution in [-0.2, 0) is 0 Å². The minimum absolute atomic E-state index is 0.184. The predicted molar refractivity (Wildman–Crippen MR) is 136 cm³/mol. The Morgan fingerprint density at radius 2 is 1.34 bits per heavy atom. The monoisotopic (exact) mass is 516 g/mol. The van der Waals surface area contributed by atoms with Gasteiger partial charge in [-0.3, -0.25) is 4.79 Å². The molecule has 2 atom stereocenters. The van der Waals surface area contributed by atoms with E-state index in [1.54, 1.807) is 66.7 Å². The summed E-state index contributed by atoms with van der Waals surface area (Å²) >= 11 is 12.1. The lowest BCUT2D eigenvalue weighted by Crippen LogP contribution is -2.40. The molecule has 0 saturated carbocycles. The molecule has 35 heavy (non-hydrogen) atoms. The molecule has 0 aliphatic heterocycles. The average Bonchev–Trinajstić information content (AvgIpc) is 2.82. The zero-order valence-electron chi connectivity index (χ0n) is 19.4. The second kappa shape index (κ2) is 11.8. The minimum atomic E-state index is -1.24. The predicted octanol–water partition coefficient (Wildman–Crippen LogP) is 6.27. The van der Waals surface area contributed by atoms with Crippen LogP contribution in [0.25, 0.3) is 0 Å². The number of hydrogen-bond donors (Lipinski definition) is 3. The first kappa shape index (κ1) is 26.2. The molecule has 2 amide bonds. The van der Waals surface area contributed by atoms with Crippen molar-refractivity contribution in [2.45, 2.75) is 32.0 Å². The molecular formula is C26H26Cl2N2O5. The lowest BCUT2D eigenvalue weighted by Gasteiger charge is -2.29. The van der Waals surface area contributed by atoms with E-state index in [9.17, 15) is 14.7 Å². The molecule has 7 nitrogen and oxygen atoms in total. The molecule has 0 saturated heterocycles. The molecule has 3 N–H and O–H groups in total. The number of rotatable bonds is 9. The van der Waals surface area contributed by atoms with Gasteiger partial charge in [0.15, 0.2) is 0 Å². The number of carbonyl (C=O) groups is 2. The van der Waals surface area contributed by atoms with Gasteiger partial charge in [0.25, 0.3) is 5.91 Å². The smallest absolute Gasteiger partial charge is 0.405 e. The molecule has 0 unspecified atom stereocenters. The van der Waals surface area contributed by atoms with Gasteiger partial charge in [-0.1, -0.05) is 47.5 Å². The molecule has 0 bridgehead atoms. The molecule has 0 heterocycles. The third-order valence-corrected chi connectivity index (χ3v) is 5.66. The van der Waals surface area contributed by atoms with Crippen LogP contribution in [0.5, 0.6) is 11.5 Å². The van der Waals surface area contributed by atoms with Crippen LogP contribution < -0.4 is 20.1 Å². The van der Waals surface area contributed by atoms with Gasteiger partial charge in [0.05, 0.1) is 30.9 Å². The average molecular weight is 517 g/mol. The quantitative estimate of drug-likeness (QED) is 0.311. The molecule has 3 rings (SSSR count). The van der Waals surface area contributed by atoms with Crippen LogP contribution in [0.3, 0.4) is 0 Å². The topological polar surface area (TPSA) is 96.9 Å². The second-order valence-corrected chi connectivity index (χ2v) is 8.88. The fraction of sp³-hybridized carbons (Fsp3) is 0.231. The van der Waals surface area contributed by atoms with Crippen molar-refractivity contribution in [2.75, 3.05) is 7.11 Å². The number of benzene rings is 3. The third kappa shape index (κ3) is 7.04. The van der Waals surface area contributed by atoms with Crippen LogP contribution in [0.2, 0.25) is 10.0 Å². The van der Waals surface area contributed by atoms with Gasteiger partial charge in [-0.25, -0.2) is 4.79 Å². The van der Waals surface area contributed by atoms with E-state index in [1.807, 2.05) is 13.8 Å². The molecule has 0 fully saturated rings. The molecule has 184 valence electrons. The standard InChI is InChI=1S/C26H26Cl2N2O5/c1-15(2)35-22-14-20(34-3)12-13-21(22)25(31)29-23(16-4-8-18(27)9-5-16)24(30-26(32)33)17-6-10-19(28)11-7-17/h4-15,23-24,30H,1-3H3,(H,29,31)(H,32,33)/t23-,24-/m1/s1. The zero-order chi connectivity index (χ0) is 25.5. The number of methoxy groups -OCH3 is 1. The van der Waals surface area contributed by atoms with Crippen molar-refractivity contribution < 1.29 is 24.2 Å². The Bertz CT molecular complexity index is 1170. The Hall–Kier alpha value is -3.42. The van der Waals surface area contributed by atoms with Crippen LogP contribution in [0.1, 0.15) is 47.4 Å². The van der Waals surface area contributed by atoms with Crippen molar-refractivity contribution >= 4 is 35.2 Å². The fourth-order valence-corrected chi connectivity index (χ4v) is 3.83. The van der Waals surface area contributed by atoms with Crippen molar-refractivity contribution in [1.29, 1.82) is 0 Å². The summed E-state index contributed by atoms with van der Waals surface area (Å²) in [5.41, 5.74) is 1.55. The highest BCUT2D eigenvalue weighted by Crippen LogP contribution is 2.32. The Balaban J connectivity index is 2.06. The number of amides is 2. The lowest BCUT2D eigenvalue weighted by molar-refractivity contribution is 0.0918. The lowest BCUT2D eigenvalue weighted by atomic mass is 9.93. The van der Waals surface area contributed by atoms with E-state index in [1.165, 1.54) is 7.11 Å². The molecule has 0 aliphatic carbocycles. The second-order valence-electron chi connectivity index (χ2n) is 8.01. The van der Waals surface area contributed by atoms with Crippen LogP contribution in [0, 0.1) is 0 Å². The highest BCUT2D eigenvalue weighted by Gasteiger charge is 2.29. The first-order valence-electron chi connectivity index (χ1n) is 10.8. The molecule has 3 aromatic carbocycles. The van der Waals surface area contributed by atoms with Gasteiger partial charge in [0.1, 0.15) is 11.5 Å². The molecule has 0 radical (unpaired) electrons. The van der Waals surface area contributed by atoms with Crippen LogP contribution in [0.4, 0.5) is 4.79 Å². The van der Waals surface area contributed by atoms with E-state index < -0.39 is 24.1 Å². The van der Waals surface area contributed by atoms with E-state index in [2.05, 4.69) is 10.6 Å². The van der Waals surface area contributed by atoms with Crippen molar-refractivity contribution in [3.63, 3.8) is 0 Å². The summed E-state index contributed by atoms with van der Waals surface area (Å²) in [5, 5.41) is 16.1. The number of carboxylic acid groups (broad SMARTS) is 1. The molecule has 0 aromatic heterocycles. The minimum Gasteiger partial charge on any atom is -0.497 e. The summed E-state index contributed by atoms with van der Waals surface area (Å²) < 4.78 is 11.1. The Labute approximate surface area is 214 Å². The number of nitrogens with one attached hydrogen (secondary N) is 2. The number of halogens is 2. The summed E-state index contributed by atoms with van der Waals surface area (Å²) in [6, 6.07) is 16.8. The van der Waals surface area contributed by atoms with E-state index in [4.69, 9.17) is 32.7 Å². The third-order valence-electron chi connectivity index (χ3n) is 5.15. The summed E-state index contributed by atoms with van der Waals surface area (Å²) in [4.78, 5) is 25.3. The maximum absolute atomic E-state index is 13.5. The van der Waals surface area contributed by atoms with Gasteiger partial charge in [-0.2, -0.15) is 0 Å². The van der Waals surface area contributed by atoms with Gasteiger partial charge in [0, 0.05) is 16.1 Å². The first-order chi connectivity index (χ1) is 16.7. The number of carbonyl (C=O) groups excluding carboxylic acids is 1. The number of hydrogen-bond acceptors (Lipinski definition) is 4. The summed E-state index contributed by atoms with van der Waals surface area (Å²) in [7, 11) is 1.53. The summed E-state index contributed by atoms with van der Waals surface area (Å²) in [6.45, 7) is 3.70. The van der Waals surface area contributed by atoms with Crippen molar-refractivity contribution in [2.24, 2.45) is 0 Å². The van der Waals surface area contributed by atoms with E-state index >= 15 is 0 Å². The molecule has 0 aliphatic rings. The van der Waals surface area contributed by atoms with Gasteiger partial charge >= 0.3 is 6.09 Å². The molecule has 0 spiro atoms. The van der Waals surface area contributed by atoms with Crippen molar-refractivity contribution in [3.8, 4) is 11.5 Å². The van der Waals surface area contributed by atoms with Crippen molar-refractivity contribution in [1.82, 2.24) is 10.6 Å². The van der Waals surface area contributed by atoms with Gasteiger partial charge < -0.3 is 25.2 Å². The van der Waals surface area contributed by atoms with Crippen LogP contribution in [-0.4, -0.2) is 30.3 Å². The Kier molecular flexibility index (Phi) is 8.84. The van der Waals surface area contributed by atoms with E-state index in [0.29, 0.717) is 32.7 Å². The van der Waals surface area contributed by atoms with Gasteiger partial charge in [0.2, 0.25) is 0 Å². The summed E-state index contributed by atoms with van der Waals surface area (Å²) in [5.74, 6) is 0.438. The van der Waals surface area contributed by atoms with Crippen LogP contribution in [0.15, 0.2) is 66.7 Å². The largest absolute Gasteiger partial charge is 0.497 e. The maximum atomic E-state index is 13.5. The normalized spacial score (nSPS) is 12.5. The maximum Gasteiger partial charge on any atom is 0.405 e. The van der Waals surface area contributed by atoms with E-state index in [-0.39, 0.29) is 11.7 Å². The Morgan fingerprint density at radius 3 is 1.80 bits per heavy atom. The van der Waals surface area contributed by atoms with Gasteiger partial charge in [-0.15, -0.1) is 0 Å². The first-order valence-corrected chi connectivity index (χ1v) is 11.6. The van der Waals surface area contributed by atoms with E-state index in [0.717, 1.165) is 0 Å². The highest BCUT2D eigenvalue weighted by molar-refractivity contribution is 6.30. The molecular weight excluding hydrogens is 491 g/mol. The molecule has 9 heteroatoms. The van der Waals surface area contributed by atoms with Crippen molar-refractivity contribution in [3.05, 3.63) is 93.5 Å². The summed E-state index contributed by atoms with van der Waals surface area (Å²) in [6.07, 6.45) is -1.43. The van der Waals surface area contributed by atoms with Gasteiger partial charge in [-0.05, 0) is 61.4 Å². The van der Waals surface area contributed by atoms with Crippen LogP contribution >= 0.6 is 23.2 Å². The zero-order valence-corrected chi connectivity index (χ0v) is 20.9. The Morgan fingerprint density at radius 1 is 0.829 bits per heavy atom. The highest BCUT2D eigenvalue weighted by atomic mass is 35.5.